The zero-order chi connectivity index (χ0) is 9.42. The van der Waals surface area contributed by atoms with Crippen LogP contribution < -0.4 is 5.73 Å². The Labute approximate surface area is 73.6 Å². The van der Waals surface area contributed by atoms with Gasteiger partial charge in [0.2, 0.25) is 0 Å². The quantitative estimate of drug-likeness (QED) is 0.601. The van der Waals surface area contributed by atoms with Crippen molar-refractivity contribution in [3.8, 4) is 6.07 Å². The van der Waals surface area contributed by atoms with Crippen molar-refractivity contribution in [2.45, 2.75) is 6.92 Å². The summed E-state index contributed by atoms with van der Waals surface area (Å²) in [7, 11) is 0. The maximum Gasteiger partial charge on any atom is 0.199 e. The first-order valence-electron chi connectivity index (χ1n) is 3.61. The van der Waals surface area contributed by atoms with Gasteiger partial charge in [-0.25, -0.2) is 0 Å². The average Bonchev–Trinajstić information content (AvgIpc) is 2.53. The summed E-state index contributed by atoms with van der Waals surface area (Å²) < 4.78 is 1.34. The molecule has 0 amide bonds. The predicted octanol–water partition coefficient (Wildman–Crippen LogP) is -0.113. The lowest BCUT2D eigenvalue weighted by atomic mass is 10.1. The van der Waals surface area contributed by atoms with Crippen LogP contribution in [0.1, 0.15) is 11.1 Å². The number of hydrogen-bond donors (Lipinski definition) is 1. The highest BCUT2D eigenvalue weighted by atomic mass is 15.5. The summed E-state index contributed by atoms with van der Waals surface area (Å²) in [5.74, 6) is 0.427. The highest BCUT2D eigenvalue weighted by Crippen LogP contribution is 2.15. The number of tetrazole rings is 1. The Balaban J connectivity index is 2.99. The number of fused-ring (bicyclic) bond motifs is 1. The molecule has 0 saturated heterocycles. The Morgan fingerprint density at radius 1 is 1.62 bits per heavy atom. The summed E-state index contributed by atoms with van der Waals surface area (Å²) >= 11 is 0. The second kappa shape index (κ2) is 2.42. The van der Waals surface area contributed by atoms with Gasteiger partial charge >= 0.3 is 0 Å². The lowest BCUT2D eigenvalue weighted by molar-refractivity contribution is 0.829. The first-order chi connectivity index (χ1) is 6.24. The van der Waals surface area contributed by atoms with Crippen molar-refractivity contribution < 1.29 is 0 Å². The van der Waals surface area contributed by atoms with E-state index in [9.17, 15) is 0 Å². The van der Waals surface area contributed by atoms with E-state index in [2.05, 4.69) is 15.5 Å². The molecule has 0 aromatic carbocycles. The minimum absolute atomic E-state index is 0.403. The fourth-order valence-electron chi connectivity index (χ4n) is 1.19. The summed E-state index contributed by atoms with van der Waals surface area (Å²) in [5, 5.41) is 19.6. The van der Waals surface area contributed by atoms with Crippen molar-refractivity contribution in [3.63, 3.8) is 0 Å². The largest absolute Gasteiger partial charge is 0.384 e. The van der Waals surface area contributed by atoms with Gasteiger partial charge in [-0.15, -0.1) is 5.10 Å². The van der Waals surface area contributed by atoms with Gasteiger partial charge in [0.1, 0.15) is 17.5 Å². The minimum atomic E-state index is 0.403. The van der Waals surface area contributed by atoms with E-state index in [0.717, 1.165) is 5.56 Å². The topological polar surface area (TPSA) is 92.9 Å². The van der Waals surface area contributed by atoms with Crippen molar-refractivity contribution in [1.82, 2.24) is 20.0 Å². The van der Waals surface area contributed by atoms with Gasteiger partial charge in [0, 0.05) is 0 Å². The van der Waals surface area contributed by atoms with Crippen LogP contribution in [0.2, 0.25) is 0 Å². The lowest BCUT2D eigenvalue weighted by Gasteiger charge is -2.00. The lowest BCUT2D eigenvalue weighted by Crippen LogP contribution is -2.01. The van der Waals surface area contributed by atoms with E-state index in [0.29, 0.717) is 17.0 Å². The van der Waals surface area contributed by atoms with Crippen LogP contribution in [-0.2, 0) is 0 Å². The van der Waals surface area contributed by atoms with E-state index < -0.39 is 0 Å². The van der Waals surface area contributed by atoms with Gasteiger partial charge in [-0.3, -0.25) is 0 Å². The van der Waals surface area contributed by atoms with E-state index in [4.69, 9.17) is 11.0 Å². The SMILES string of the molecule is Cc1cc(N)n2nnnc2c1C#N. The van der Waals surface area contributed by atoms with Gasteiger partial charge in [0.25, 0.3) is 0 Å². The first kappa shape index (κ1) is 7.49. The number of nitrogens with two attached hydrogens (primary N) is 1. The predicted molar refractivity (Wildman–Crippen MR) is 44.6 cm³/mol. The third-order valence-electron chi connectivity index (χ3n) is 1.81. The number of pyridine rings is 1. The summed E-state index contributed by atoms with van der Waals surface area (Å²) in [6, 6.07) is 3.70. The second-order valence-corrected chi connectivity index (χ2v) is 2.65. The molecule has 0 aliphatic carbocycles. The van der Waals surface area contributed by atoms with Gasteiger partial charge in [-0.05, 0) is 29.0 Å². The molecule has 0 saturated carbocycles. The molecule has 0 spiro atoms. The number of nitrogen functional groups attached to an aromatic ring is 1. The molecule has 0 atom stereocenters. The van der Waals surface area contributed by atoms with Crippen molar-refractivity contribution in [3.05, 3.63) is 17.2 Å². The zero-order valence-electron chi connectivity index (χ0n) is 6.89. The molecule has 6 nitrogen and oxygen atoms in total. The van der Waals surface area contributed by atoms with E-state index >= 15 is 0 Å². The van der Waals surface area contributed by atoms with Crippen LogP contribution in [0.25, 0.3) is 5.65 Å². The highest BCUT2D eigenvalue weighted by molar-refractivity contribution is 5.61. The number of nitrogens with zero attached hydrogens (tertiary/aromatic N) is 5. The van der Waals surface area contributed by atoms with Crippen LogP contribution in [0, 0.1) is 18.3 Å². The Hall–Kier alpha value is -2.16. The maximum atomic E-state index is 8.83. The molecule has 64 valence electrons. The molecule has 0 aliphatic heterocycles. The Morgan fingerprint density at radius 3 is 3.08 bits per heavy atom. The summed E-state index contributed by atoms with van der Waals surface area (Å²) in [6.07, 6.45) is 0. The van der Waals surface area contributed by atoms with Gasteiger partial charge < -0.3 is 5.73 Å². The van der Waals surface area contributed by atoms with E-state index in [1.165, 1.54) is 4.52 Å². The molecule has 6 heteroatoms. The van der Waals surface area contributed by atoms with E-state index in [1.54, 1.807) is 13.0 Å². The molecule has 2 N–H and O–H groups in total. The number of rotatable bonds is 0. The van der Waals surface area contributed by atoms with Crippen LogP contribution in [0.15, 0.2) is 6.07 Å². The molecule has 2 aromatic heterocycles. The maximum absolute atomic E-state index is 8.83. The van der Waals surface area contributed by atoms with E-state index in [1.807, 2.05) is 6.07 Å². The summed E-state index contributed by atoms with van der Waals surface area (Å²) in [5.41, 5.74) is 7.28. The van der Waals surface area contributed by atoms with Gasteiger partial charge in [-0.1, -0.05) is 0 Å². The van der Waals surface area contributed by atoms with Crippen molar-refractivity contribution in [2.75, 3.05) is 5.73 Å². The molecule has 2 heterocycles. The number of aryl methyl sites for hydroxylation is 1. The summed E-state index contributed by atoms with van der Waals surface area (Å²) in [4.78, 5) is 0. The number of hydrogen-bond acceptors (Lipinski definition) is 5. The van der Waals surface area contributed by atoms with Crippen molar-refractivity contribution in [2.24, 2.45) is 0 Å². The van der Waals surface area contributed by atoms with Crippen LogP contribution in [-0.4, -0.2) is 20.0 Å². The second-order valence-electron chi connectivity index (χ2n) is 2.65. The molecule has 0 aliphatic rings. The molecule has 0 fully saturated rings. The number of aromatic nitrogens is 4. The first-order valence-corrected chi connectivity index (χ1v) is 3.61. The van der Waals surface area contributed by atoms with Crippen molar-refractivity contribution >= 4 is 11.5 Å². The fraction of sp³-hybridized carbons (Fsp3) is 0.143. The standard InChI is InChI=1S/C7H6N6/c1-4-2-6(9)13-7(5(4)3-8)10-11-12-13/h2H,9H2,1H3. The van der Waals surface area contributed by atoms with Crippen LogP contribution in [0.4, 0.5) is 5.82 Å². The normalized spacial score (nSPS) is 10.2. The van der Waals surface area contributed by atoms with Gasteiger partial charge in [0.05, 0.1) is 0 Å². The number of anilines is 1. The molecular weight excluding hydrogens is 168 g/mol. The monoisotopic (exact) mass is 174 g/mol. The highest BCUT2D eigenvalue weighted by Gasteiger charge is 2.09. The Kier molecular flexibility index (Phi) is 1.39. The third kappa shape index (κ3) is 0.906. The Morgan fingerprint density at radius 2 is 2.38 bits per heavy atom. The minimum Gasteiger partial charge on any atom is -0.384 e. The van der Waals surface area contributed by atoms with Crippen molar-refractivity contribution in [1.29, 1.82) is 5.26 Å². The number of nitriles is 1. The average molecular weight is 174 g/mol. The molecule has 2 rings (SSSR count). The molecule has 0 radical (unpaired) electrons. The van der Waals surface area contributed by atoms with Gasteiger partial charge in [-0.2, -0.15) is 9.78 Å². The molecule has 2 aromatic rings. The van der Waals surface area contributed by atoms with Crippen LogP contribution >= 0.6 is 0 Å². The van der Waals surface area contributed by atoms with Gasteiger partial charge in [0.15, 0.2) is 5.65 Å². The van der Waals surface area contributed by atoms with E-state index in [-0.39, 0.29) is 0 Å². The fourth-order valence-corrected chi connectivity index (χ4v) is 1.19. The summed E-state index contributed by atoms with van der Waals surface area (Å²) in [6.45, 7) is 1.80. The van der Waals surface area contributed by atoms with Crippen LogP contribution in [0.3, 0.4) is 0 Å². The van der Waals surface area contributed by atoms with Crippen LogP contribution in [0.5, 0.6) is 0 Å². The Bertz CT molecular complexity index is 505. The smallest absolute Gasteiger partial charge is 0.199 e. The molecule has 0 unspecified atom stereocenters. The zero-order valence-corrected chi connectivity index (χ0v) is 6.89. The third-order valence-corrected chi connectivity index (χ3v) is 1.81. The molecule has 13 heavy (non-hydrogen) atoms. The molecule has 0 bridgehead atoms. The molecular formula is C7H6N6.